The van der Waals surface area contributed by atoms with E-state index in [1.807, 2.05) is 24.3 Å². The summed E-state index contributed by atoms with van der Waals surface area (Å²) < 4.78 is 0. The van der Waals surface area contributed by atoms with E-state index in [0.29, 0.717) is 16.6 Å². The van der Waals surface area contributed by atoms with Crippen LogP contribution in [0.1, 0.15) is 29.8 Å². The van der Waals surface area contributed by atoms with Crippen LogP contribution in [0.25, 0.3) is 0 Å². The lowest BCUT2D eigenvalue weighted by molar-refractivity contribution is -0.118. The molecular formula is C15H17ClN4OS. The van der Waals surface area contributed by atoms with Crippen molar-refractivity contribution in [3.63, 3.8) is 0 Å². The number of benzene rings is 1. The number of nitrogens with zero attached hydrogens (tertiary/aromatic N) is 2. The van der Waals surface area contributed by atoms with Crippen LogP contribution in [0.3, 0.4) is 0 Å². The number of hydrogen-bond donors (Lipinski definition) is 2. The Labute approximate surface area is 138 Å². The van der Waals surface area contributed by atoms with Gasteiger partial charge in [0.15, 0.2) is 0 Å². The lowest BCUT2D eigenvalue weighted by atomic mass is 10.0. The summed E-state index contributed by atoms with van der Waals surface area (Å²) >= 11 is 7.38. The topological polar surface area (TPSA) is 66.9 Å². The fourth-order valence-corrected chi connectivity index (χ4v) is 3.46. The van der Waals surface area contributed by atoms with Gasteiger partial charge in [-0.15, -0.1) is 10.2 Å². The molecule has 1 aromatic heterocycles. The van der Waals surface area contributed by atoms with E-state index in [1.54, 1.807) is 0 Å². The third-order valence-electron chi connectivity index (χ3n) is 3.57. The standard InChI is InChI=1S/C15H17ClN4OS/c16-11-5-3-4-10(8-11)9-13-19-20-15(22-13)18-14(21)12-6-1-2-7-17-12/h3-5,8,12,17H,1-2,6-7,9H2,(H,18,20,21). The first-order chi connectivity index (χ1) is 10.7. The fourth-order valence-electron chi connectivity index (χ4n) is 2.47. The van der Waals surface area contributed by atoms with Crippen LogP contribution in [0.15, 0.2) is 24.3 Å². The van der Waals surface area contributed by atoms with Crippen molar-refractivity contribution < 1.29 is 4.79 Å². The third-order valence-corrected chi connectivity index (χ3v) is 4.64. The molecule has 1 aliphatic rings. The molecule has 1 amide bonds. The predicted molar refractivity (Wildman–Crippen MR) is 88.4 cm³/mol. The molecule has 3 rings (SSSR count). The van der Waals surface area contributed by atoms with Crippen LogP contribution in [-0.2, 0) is 11.2 Å². The van der Waals surface area contributed by atoms with E-state index in [0.717, 1.165) is 36.4 Å². The molecule has 5 nitrogen and oxygen atoms in total. The highest BCUT2D eigenvalue weighted by molar-refractivity contribution is 7.15. The summed E-state index contributed by atoms with van der Waals surface area (Å²) in [7, 11) is 0. The van der Waals surface area contributed by atoms with E-state index in [9.17, 15) is 4.79 Å². The van der Waals surface area contributed by atoms with Gasteiger partial charge < -0.3 is 5.32 Å². The van der Waals surface area contributed by atoms with Gasteiger partial charge in [0.05, 0.1) is 6.04 Å². The minimum atomic E-state index is -0.117. The molecular weight excluding hydrogens is 320 g/mol. The molecule has 0 aliphatic carbocycles. The van der Waals surface area contributed by atoms with Crippen molar-refractivity contribution in [3.8, 4) is 0 Å². The number of halogens is 1. The van der Waals surface area contributed by atoms with E-state index < -0.39 is 0 Å². The van der Waals surface area contributed by atoms with Crippen molar-refractivity contribution >= 4 is 34.0 Å². The molecule has 1 unspecified atom stereocenters. The van der Waals surface area contributed by atoms with Gasteiger partial charge in [-0.1, -0.05) is 41.5 Å². The molecule has 0 saturated carbocycles. The van der Waals surface area contributed by atoms with Gasteiger partial charge in [0, 0.05) is 11.4 Å². The van der Waals surface area contributed by atoms with Gasteiger partial charge in [0.25, 0.3) is 0 Å². The average Bonchev–Trinajstić information content (AvgIpc) is 2.95. The molecule has 0 bridgehead atoms. The van der Waals surface area contributed by atoms with E-state index >= 15 is 0 Å². The molecule has 1 fully saturated rings. The monoisotopic (exact) mass is 336 g/mol. The summed E-state index contributed by atoms with van der Waals surface area (Å²) in [5, 5.41) is 16.4. The molecule has 2 N–H and O–H groups in total. The zero-order valence-corrected chi connectivity index (χ0v) is 13.6. The van der Waals surface area contributed by atoms with Gasteiger partial charge in [-0.3, -0.25) is 10.1 Å². The summed E-state index contributed by atoms with van der Waals surface area (Å²) in [6.07, 6.45) is 3.75. The molecule has 1 aromatic carbocycles. The Morgan fingerprint density at radius 1 is 1.41 bits per heavy atom. The average molecular weight is 337 g/mol. The first kappa shape index (κ1) is 15.4. The Kier molecular flexibility index (Phi) is 5.02. The minimum Gasteiger partial charge on any atom is -0.306 e. The molecule has 0 spiro atoms. The highest BCUT2D eigenvalue weighted by atomic mass is 35.5. The van der Waals surface area contributed by atoms with Gasteiger partial charge in [-0.25, -0.2) is 0 Å². The molecule has 0 radical (unpaired) electrons. The molecule has 2 heterocycles. The zero-order chi connectivity index (χ0) is 15.4. The number of amides is 1. The van der Waals surface area contributed by atoms with Gasteiger partial charge in [-0.05, 0) is 37.1 Å². The number of nitrogens with one attached hydrogen (secondary N) is 2. The highest BCUT2D eigenvalue weighted by Gasteiger charge is 2.21. The summed E-state index contributed by atoms with van der Waals surface area (Å²) in [6, 6.07) is 7.54. The van der Waals surface area contributed by atoms with Crippen LogP contribution >= 0.6 is 22.9 Å². The first-order valence-corrected chi connectivity index (χ1v) is 8.51. The van der Waals surface area contributed by atoms with E-state index in [2.05, 4.69) is 20.8 Å². The van der Waals surface area contributed by atoms with Gasteiger partial charge in [0.2, 0.25) is 11.0 Å². The largest absolute Gasteiger partial charge is 0.306 e. The molecule has 22 heavy (non-hydrogen) atoms. The summed E-state index contributed by atoms with van der Waals surface area (Å²) in [4.78, 5) is 12.1. The minimum absolute atomic E-state index is 0.0230. The number of carbonyl (C=O) groups excluding carboxylic acids is 1. The SMILES string of the molecule is O=C(Nc1nnc(Cc2cccc(Cl)c2)s1)C1CCCCN1. The molecule has 116 valence electrons. The molecule has 7 heteroatoms. The maximum atomic E-state index is 12.1. The van der Waals surface area contributed by atoms with Crippen molar-refractivity contribution in [1.29, 1.82) is 0 Å². The smallest absolute Gasteiger partial charge is 0.243 e. The summed E-state index contributed by atoms with van der Waals surface area (Å²) in [5.74, 6) is -0.0230. The van der Waals surface area contributed by atoms with E-state index in [1.165, 1.54) is 11.3 Å². The quantitative estimate of drug-likeness (QED) is 0.901. The predicted octanol–water partition coefficient (Wildman–Crippen LogP) is 2.86. The number of anilines is 1. The van der Waals surface area contributed by atoms with E-state index in [4.69, 9.17) is 11.6 Å². The van der Waals surface area contributed by atoms with Crippen molar-refractivity contribution in [1.82, 2.24) is 15.5 Å². The first-order valence-electron chi connectivity index (χ1n) is 7.32. The Morgan fingerprint density at radius 3 is 3.09 bits per heavy atom. The fraction of sp³-hybridized carbons (Fsp3) is 0.400. The number of hydrogen-bond acceptors (Lipinski definition) is 5. The van der Waals surface area contributed by atoms with Crippen LogP contribution in [0.5, 0.6) is 0 Å². The number of carbonyl (C=O) groups is 1. The second kappa shape index (κ2) is 7.17. The summed E-state index contributed by atoms with van der Waals surface area (Å²) in [6.45, 7) is 0.897. The maximum Gasteiger partial charge on any atom is 0.243 e. The van der Waals surface area contributed by atoms with E-state index in [-0.39, 0.29) is 11.9 Å². The van der Waals surface area contributed by atoms with Gasteiger partial charge in [0.1, 0.15) is 5.01 Å². The van der Waals surface area contributed by atoms with Crippen molar-refractivity contribution in [2.24, 2.45) is 0 Å². The Balaban J connectivity index is 1.60. The van der Waals surface area contributed by atoms with Crippen LogP contribution in [-0.4, -0.2) is 28.7 Å². The Morgan fingerprint density at radius 2 is 2.32 bits per heavy atom. The summed E-state index contributed by atoms with van der Waals surface area (Å²) in [5.41, 5.74) is 1.08. The van der Waals surface area contributed by atoms with Crippen LogP contribution < -0.4 is 10.6 Å². The number of aromatic nitrogens is 2. The maximum absolute atomic E-state index is 12.1. The van der Waals surface area contributed by atoms with Crippen molar-refractivity contribution in [2.75, 3.05) is 11.9 Å². The van der Waals surface area contributed by atoms with Crippen molar-refractivity contribution in [2.45, 2.75) is 31.7 Å². The van der Waals surface area contributed by atoms with Crippen LogP contribution in [0.4, 0.5) is 5.13 Å². The second-order valence-corrected chi connectivity index (χ2v) is 6.80. The highest BCUT2D eigenvalue weighted by Crippen LogP contribution is 2.21. The Hall–Kier alpha value is -1.50. The van der Waals surface area contributed by atoms with Crippen molar-refractivity contribution in [3.05, 3.63) is 39.9 Å². The lowest BCUT2D eigenvalue weighted by Gasteiger charge is -2.21. The zero-order valence-electron chi connectivity index (χ0n) is 12.0. The molecule has 1 aliphatic heterocycles. The molecule has 1 saturated heterocycles. The Bertz CT molecular complexity index is 654. The normalized spacial score (nSPS) is 18.1. The molecule has 2 aromatic rings. The number of rotatable bonds is 4. The molecule has 1 atom stereocenters. The number of piperidine rings is 1. The second-order valence-electron chi connectivity index (χ2n) is 5.30. The van der Waals surface area contributed by atoms with Gasteiger partial charge >= 0.3 is 0 Å². The van der Waals surface area contributed by atoms with Crippen LogP contribution in [0.2, 0.25) is 5.02 Å². The lowest BCUT2D eigenvalue weighted by Crippen LogP contribution is -2.43. The van der Waals surface area contributed by atoms with Gasteiger partial charge in [-0.2, -0.15) is 0 Å². The third kappa shape index (κ3) is 4.03. The van der Waals surface area contributed by atoms with Crippen LogP contribution in [0, 0.1) is 0 Å².